The van der Waals surface area contributed by atoms with Crippen LogP contribution in [0.4, 0.5) is 0 Å². The zero-order valence-electron chi connectivity index (χ0n) is 10.2. The number of nitrogens with zero attached hydrogens (tertiary/aromatic N) is 2. The lowest BCUT2D eigenvalue weighted by Crippen LogP contribution is -2.26. The van der Waals surface area contributed by atoms with E-state index in [9.17, 15) is 0 Å². The molecule has 0 spiro atoms. The zero-order chi connectivity index (χ0) is 12.4. The van der Waals surface area contributed by atoms with Crippen LogP contribution in [0.25, 0.3) is 0 Å². The molecule has 1 aromatic carbocycles. The van der Waals surface area contributed by atoms with Crippen molar-refractivity contribution in [3.05, 3.63) is 41.5 Å². The number of fused-ring (bicyclic) bond motifs is 1. The SMILES string of the molecule is Cc1noc(CNC2CCOc3ccccc32)n1. The molecule has 1 aliphatic rings. The lowest BCUT2D eigenvalue weighted by Gasteiger charge is -2.26. The second kappa shape index (κ2) is 4.78. The number of ether oxygens (including phenoxy) is 1. The normalized spacial score (nSPS) is 18.2. The summed E-state index contributed by atoms with van der Waals surface area (Å²) in [5.74, 6) is 2.25. The third-order valence-corrected chi connectivity index (χ3v) is 3.03. The van der Waals surface area contributed by atoms with Crippen LogP contribution in [0.3, 0.4) is 0 Å². The van der Waals surface area contributed by atoms with E-state index in [1.165, 1.54) is 5.56 Å². The van der Waals surface area contributed by atoms with Crippen LogP contribution in [0.1, 0.15) is 29.7 Å². The van der Waals surface area contributed by atoms with E-state index in [0.717, 1.165) is 18.8 Å². The zero-order valence-corrected chi connectivity index (χ0v) is 10.2. The third kappa shape index (κ3) is 2.22. The second-order valence-corrected chi connectivity index (χ2v) is 4.34. The highest BCUT2D eigenvalue weighted by Gasteiger charge is 2.20. The first-order valence-corrected chi connectivity index (χ1v) is 6.07. The molecule has 0 saturated heterocycles. The molecule has 0 fully saturated rings. The number of nitrogens with one attached hydrogen (secondary N) is 1. The van der Waals surface area contributed by atoms with Gasteiger partial charge in [0, 0.05) is 18.0 Å². The molecule has 0 amide bonds. The lowest BCUT2D eigenvalue weighted by atomic mass is 10.0. The lowest BCUT2D eigenvalue weighted by molar-refractivity contribution is 0.247. The Morgan fingerprint density at radius 3 is 3.11 bits per heavy atom. The van der Waals surface area contributed by atoms with Gasteiger partial charge >= 0.3 is 0 Å². The summed E-state index contributed by atoms with van der Waals surface area (Å²) >= 11 is 0. The number of para-hydroxylation sites is 1. The maximum absolute atomic E-state index is 5.62. The van der Waals surface area contributed by atoms with Crippen molar-refractivity contribution in [2.45, 2.75) is 25.9 Å². The van der Waals surface area contributed by atoms with Gasteiger partial charge < -0.3 is 14.6 Å². The highest BCUT2D eigenvalue weighted by atomic mass is 16.5. The van der Waals surface area contributed by atoms with Gasteiger partial charge in [-0.25, -0.2) is 0 Å². The molecule has 2 heterocycles. The Kier molecular flexibility index (Phi) is 2.98. The Labute approximate surface area is 105 Å². The number of hydrogen-bond acceptors (Lipinski definition) is 5. The number of hydrogen-bond donors (Lipinski definition) is 1. The van der Waals surface area contributed by atoms with Crippen LogP contribution in [-0.4, -0.2) is 16.7 Å². The van der Waals surface area contributed by atoms with E-state index in [4.69, 9.17) is 9.26 Å². The van der Waals surface area contributed by atoms with E-state index < -0.39 is 0 Å². The molecule has 18 heavy (non-hydrogen) atoms. The van der Waals surface area contributed by atoms with Gasteiger partial charge in [-0.05, 0) is 13.0 Å². The van der Waals surface area contributed by atoms with Gasteiger partial charge in [0.15, 0.2) is 5.82 Å². The summed E-state index contributed by atoms with van der Waals surface area (Å²) in [5.41, 5.74) is 1.19. The Balaban J connectivity index is 1.71. The predicted octanol–water partition coefficient (Wildman–Crippen LogP) is 1.99. The number of aromatic nitrogens is 2. The van der Waals surface area contributed by atoms with Gasteiger partial charge in [-0.1, -0.05) is 23.4 Å². The molecule has 0 aliphatic carbocycles. The molecule has 94 valence electrons. The topological polar surface area (TPSA) is 60.2 Å². The number of rotatable bonds is 3. The van der Waals surface area contributed by atoms with Crippen molar-refractivity contribution in [1.82, 2.24) is 15.5 Å². The maximum Gasteiger partial charge on any atom is 0.240 e. The fraction of sp³-hybridized carbons (Fsp3) is 0.385. The minimum atomic E-state index is 0.280. The Hall–Kier alpha value is -1.88. The van der Waals surface area contributed by atoms with Crippen molar-refractivity contribution >= 4 is 0 Å². The largest absolute Gasteiger partial charge is 0.493 e. The molecule has 5 nitrogen and oxygen atoms in total. The van der Waals surface area contributed by atoms with Crippen LogP contribution in [0, 0.1) is 6.92 Å². The van der Waals surface area contributed by atoms with E-state index in [-0.39, 0.29) is 6.04 Å². The van der Waals surface area contributed by atoms with Crippen molar-refractivity contribution in [2.24, 2.45) is 0 Å². The Morgan fingerprint density at radius 1 is 1.39 bits per heavy atom. The van der Waals surface area contributed by atoms with Crippen molar-refractivity contribution in [1.29, 1.82) is 0 Å². The molecule has 1 aromatic heterocycles. The summed E-state index contributed by atoms with van der Waals surface area (Å²) in [6.07, 6.45) is 0.949. The number of aryl methyl sites for hydroxylation is 1. The molecular formula is C13H15N3O2. The molecular weight excluding hydrogens is 230 g/mol. The van der Waals surface area contributed by atoms with Gasteiger partial charge in [0.2, 0.25) is 5.89 Å². The van der Waals surface area contributed by atoms with Crippen LogP contribution in [-0.2, 0) is 6.54 Å². The molecule has 0 saturated carbocycles. The predicted molar refractivity (Wildman–Crippen MR) is 65.2 cm³/mol. The molecule has 1 atom stereocenters. The smallest absolute Gasteiger partial charge is 0.240 e. The van der Waals surface area contributed by atoms with E-state index in [1.807, 2.05) is 25.1 Å². The first kappa shape index (κ1) is 11.2. The molecule has 0 bridgehead atoms. The third-order valence-electron chi connectivity index (χ3n) is 3.03. The highest BCUT2D eigenvalue weighted by molar-refractivity contribution is 5.37. The molecule has 1 aliphatic heterocycles. The summed E-state index contributed by atoms with van der Waals surface area (Å²) in [5, 5.41) is 7.21. The molecule has 3 rings (SSSR count). The van der Waals surface area contributed by atoms with Gasteiger partial charge in [-0.15, -0.1) is 0 Å². The summed E-state index contributed by atoms with van der Waals surface area (Å²) in [6, 6.07) is 8.38. The summed E-state index contributed by atoms with van der Waals surface area (Å²) < 4.78 is 10.7. The minimum absolute atomic E-state index is 0.280. The highest BCUT2D eigenvalue weighted by Crippen LogP contribution is 2.31. The van der Waals surface area contributed by atoms with E-state index >= 15 is 0 Å². The monoisotopic (exact) mass is 245 g/mol. The van der Waals surface area contributed by atoms with Crippen molar-refractivity contribution in [2.75, 3.05) is 6.61 Å². The summed E-state index contributed by atoms with van der Waals surface area (Å²) in [6.45, 7) is 3.13. The van der Waals surface area contributed by atoms with Crippen molar-refractivity contribution in [3.63, 3.8) is 0 Å². The van der Waals surface area contributed by atoms with E-state index in [2.05, 4.69) is 21.5 Å². The van der Waals surface area contributed by atoms with E-state index in [0.29, 0.717) is 18.3 Å². The van der Waals surface area contributed by atoms with Gasteiger partial charge in [-0.3, -0.25) is 0 Å². The fourth-order valence-corrected chi connectivity index (χ4v) is 2.18. The molecule has 5 heteroatoms. The quantitative estimate of drug-likeness (QED) is 0.896. The van der Waals surface area contributed by atoms with Crippen LogP contribution in [0.5, 0.6) is 5.75 Å². The fourth-order valence-electron chi connectivity index (χ4n) is 2.18. The first-order valence-electron chi connectivity index (χ1n) is 6.07. The Bertz CT molecular complexity index is 539. The second-order valence-electron chi connectivity index (χ2n) is 4.34. The van der Waals surface area contributed by atoms with Crippen LogP contribution < -0.4 is 10.1 Å². The first-order chi connectivity index (χ1) is 8.83. The summed E-state index contributed by atoms with van der Waals surface area (Å²) in [7, 11) is 0. The average molecular weight is 245 g/mol. The summed E-state index contributed by atoms with van der Waals surface area (Å²) in [4.78, 5) is 4.18. The van der Waals surface area contributed by atoms with Gasteiger partial charge in [0.05, 0.1) is 13.2 Å². The van der Waals surface area contributed by atoms with E-state index in [1.54, 1.807) is 0 Å². The van der Waals surface area contributed by atoms with Gasteiger partial charge in [0.1, 0.15) is 5.75 Å². The van der Waals surface area contributed by atoms with Crippen LogP contribution in [0.2, 0.25) is 0 Å². The molecule has 0 radical (unpaired) electrons. The minimum Gasteiger partial charge on any atom is -0.493 e. The molecule has 1 unspecified atom stereocenters. The van der Waals surface area contributed by atoms with Gasteiger partial charge in [-0.2, -0.15) is 4.98 Å². The van der Waals surface area contributed by atoms with Crippen LogP contribution >= 0.6 is 0 Å². The molecule has 2 aromatic rings. The van der Waals surface area contributed by atoms with Crippen molar-refractivity contribution < 1.29 is 9.26 Å². The van der Waals surface area contributed by atoms with Crippen molar-refractivity contribution in [3.8, 4) is 5.75 Å². The average Bonchev–Trinajstić information content (AvgIpc) is 2.82. The number of benzene rings is 1. The maximum atomic E-state index is 5.62. The standard InChI is InChI=1S/C13H15N3O2/c1-9-15-13(18-16-9)8-14-11-6-7-17-12-5-3-2-4-10(11)12/h2-5,11,14H,6-8H2,1H3. The Morgan fingerprint density at radius 2 is 2.28 bits per heavy atom. The van der Waals surface area contributed by atoms with Crippen LogP contribution in [0.15, 0.2) is 28.8 Å². The van der Waals surface area contributed by atoms with Gasteiger partial charge in [0.25, 0.3) is 0 Å². The molecule has 1 N–H and O–H groups in total.